The van der Waals surface area contributed by atoms with Crippen molar-refractivity contribution in [3.05, 3.63) is 46.5 Å². The first kappa shape index (κ1) is 15.9. The van der Waals surface area contributed by atoms with Gasteiger partial charge in [0.25, 0.3) is 0 Å². The van der Waals surface area contributed by atoms with Crippen molar-refractivity contribution in [2.75, 3.05) is 5.32 Å². The largest absolute Gasteiger partial charge is 0.302 e. The van der Waals surface area contributed by atoms with Gasteiger partial charge in [-0.25, -0.2) is 4.98 Å². The summed E-state index contributed by atoms with van der Waals surface area (Å²) in [6.07, 6.45) is 3.75. The number of Topliss-reactive ketones (excluding diaryl/α,β-unsaturated/α-hetero) is 1. The first-order valence-corrected chi connectivity index (χ1v) is 8.91. The Morgan fingerprint density at radius 2 is 1.96 bits per heavy atom. The Morgan fingerprint density at radius 3 is 2.61 bits per heavy atom. The number of rotatable bonds is 7. The van der Waals surface area contributed by atoms with Gasteiger partial charge < -0.3 is 5.32 Å². The number of hydrogen-bond acceptors (Lipinski definition) is 4. The first-order valence-electron chi connectivity index (χ1n) is 8.03. The Hall–Kier alpha value is -2.01. The average Bonchev–Trinajstić information content (AvgIpc) is 3.33. The van der Waals surface area contributed by atoms with Crippen LogP contribution in [0.2, 0.25) is 0 Å². The van der Waals surface area contributed by atoms with E-state index in [1.165, 1.54) is 29.7 Å². The molecule has 120 valence electrons. The van der Waals surface area contributed by atoms with E-state index in [1.807, 2.05) is 29.6 Å². The molecular weight excluding hydrogens is 308 g/mol. The topological polar surface area (TPSA) is 59.1 Å². The van der Waals surface area contributed by atoms with Gasteiger partial charge in [0.1, 0.15) is 0 Å². The van der Waals surface area contributed by atoms with E-state index < -0.39 is 0 Å². The van der Waals surface area contributed by atoms with Crippen molar-refractivity contribution >= 4 is 28.2 Å². The Labute approximate surface area is 140 Å². The van der Waals surface area contributed by atoms with Crippen LogP contribution in [0, 0.1) is 0 Å². The van der Waals surface area contributed by atoms with Crippen LogP contribution in [0.25, 0.3) is 0 Å². The molecule has 0 atom stereocenters. The molecule has 1 aliphatic rings. The highest BCUT2D eigenvalue weighted by atomic mass is 32.1. The van der Waals surface area contributed by atoms with Crippen molar-refractivity contribution < 1.29 is 9.59 Å². The van der Waals surface area contributed by atoms with Crippen LogP contribution in [0.15, 0.2) is 29.6 Å². The molecule has 0 spiro atoms. The number of hydrogen-bond donors (Lipinski definition) is 1. The predicted molar refractivity (Wildman–Crippen MR) is 92.1 cm³/mol. The first-order chi connectivity index (χ1) is 11.2. The molecule has 1 aromatic carbocycles. The monoisotopic (exact) mass is 328 g/mol. The highest BCUT2D eigenvalue weighted by molar-refractivity contribution is 7.13. The zero-order valence-corrected chi connectivity index (χ0v) is 14.0. The van der Waals surface area contributed by atoms with E-state index in [2.05, 4.69) is 17.2 Å². The zero-order valence-electron chi connectivity index (χ0n) is 13.2. The van der Waals surface area contributed by atoms with Crippen molar-refractivity contribution in [2.24, 2.45) is 0 Å². The highest BCUT2D eigenvalue weighted by Crippen LogP contribution is 2.40. The number of carbonyl (C=O) groups excluding carboxylic acids is 2. The van der Waals surface area contributed by atoms with E-state index >= 15 is 0 Å². The van der Waals surface area contributed by atoms with E-state index in [9.17, 15) is 9.59 Å². The van der Waals surface area contributed by atoms with E-state index in [-0.39, 0.29) is 24.5 Å². The minimum atomic E-state index is -0.153. The molecule has 1 N–H and O–H groups in total. The van der Waals surface area contributed by atoms with Gasteiger partial charge in [0, 0.05) is 29.7 Å². The molecule has 0 saturated heterocycles. The van der Waals surface area contributed by atoms with Crippen LogP contribution in [0.5, 0.6) is 0 Å². The third-order valence-electron chi connectivity index (χ3n) is 4.03. The number of aromatic nitrogens is 1. The quantitative estimate of drug-likeness (QED) is 0.776. The summed E-state index contributed by atoms with van der Waals surface area (Å²) in [6.45, 7) is 2.08. The van der Waals surface area contributed by atoms with Crippen LogP contribution < -0.4 is 5.32 Å². The maximum atomic E-state index is 12.1. The second kappa shape index (κ2) is 7.04. The van der Waals surface area contributed by atoms with Crippen molar-refractivity contribution in [1.29, 1.82) is 0 Å². The molecule has 0 radical (unpaired) electrons. The van der Waals surface area contributed by atoms with E-state index in [4.69, 9.17) is 0 Å². The summed E-state index contributed by atoms with van der Waals surface area (Å²) < 4.78 is 0. The lowest BCUT2D eigenvalue weighted by Gasteiger charge is -2.03. The van der Waals surface area contributed by atoms with Crippen molar-refractivity contribution in [3.63, 3.8) is 0 Å². The molecule has 1 aliphatic carbocycles. The van der Waals surface area contributed by atoms with Crippen molar-refractivity contribution in [2.45, 2.75) is 44.9 Å². The van der Waals surface area contributed by atoms with Gasteiger partial charge >= 0.3 is 0 Å². The number of carbonyl (C=O) groups is 2. The summed E-state index contributed by atoms with van der Waals surface area (Å²) in [5, 5.41) is 5.43. The zero-order chi connectivity index (χ0) is 16.2. The summed E-state index contributed by atoms with van der Waals surface area (Å²) in [6, 6.07) is 7.59. The molecule has 1 fully saturated rings. The number of benzene rings is 1. The van der Waals surface area contributed by atoms with E-state index in [1.54, 1.807) is 0 Å². The molecule has 1 saturated carbocycles. The van der Waals surface area contributed by atoms with Crippen LogP contribution in [0.3, 0.4) is 0 Å². The summed E-state index contributed by atoms with van der Waals surface area (Å²) >= 11 is 1.45. The summed E-state index contributed by atoms with van der Waals surface area (Å²) in [5.41, 5.74) is 2.95. The minimum absolute atomic E-state index is 0.000566. The molecule has 3 rings (SSSR count). The fourth-order valence-electron chi connectivity index (χ4n) is 2.39. The van der Waals surface area contributed by atoms with Crippen LogP contribution in [0.1, 0.15) is 60.1 Å². The van der Waals surface area contributed by atoms with Crippen LogP contribution in [-0.2, 0) is 11.2 Å². The van der Waals surface area contributed by atoms with Gasteiger partial charge in [0.15, 0.2) is 10.9 Å². The minimum Gasteiger partial charge on any atom is -0.302 e. The summed E-state index contributed by atoms with van der Waals surface area (Å²) in [5.74, 6) is 0.436. The molecule has 1 heterocycles. The number of nitrogens with one attached hydrogen (secondary N) is 1. The molecule has 2 aromatic rings. The number of aryl methyl sites for hydroxylation is 1. The van der Waals surface area contributed by atoms with Crippen LogP contribution in [-0.4, -0.2) is 16.7 Å². The van der Waals surface area contributed by atoms with Crippen molar-refractivity contribution in [3.8, 4) is 0 Å². The highest BCUT2D eigenvalue weighted by Gasteiger charge is 2.26. The number of anilines is 1. The Balaban J connectivity index is 1.48. The van der Waals surface area contributed by atoms with Gasteiger partial charge in [-0.05, 0) is 24.8 Å². The maximum Gasteiger partial charge on any atom is 0.226 e. The third kappa shape index (κ3) is 4.26. The second-order valence-corrected chi connectivity index (χ2v) is 6.73. The Kier molecular flexibility index (Phi) is 4.86. The van der Waals surface area contributed by atoms with Gasteiger partial charge in [0.2, 0.25) is 5.91 Å². The predicted octanol–water partition coefficient (Wildman–Crippen LogP) is 4.18. The normalized spacial score (nSPS) is 13.8. The SMILES string of the molecule is CCc1ccc(C(=O)CCC(=O)Nc2nc(C3CC3)cs2)cc1. The van der Waals surface area contributed by atoms with Crippen LogP contribution in [0.4, 0.5) is 5.13 Å². The van der Waals surface area contributed by atoms with Gasteiger partial charge in [-0.2, -0.15) is 0 Å². The number of thiazole rings is 1. The number of nitrogens with zero attached hydrogens (tertiary/aromatic N) is 1. The van der Waals surface area contributed by atoms with Crippen LogP contribution >= 0.6 is 11.3 Å². The fourth-order valence-corrected chi connectivity index (χ4v) is 3.20. The molecule has 0 aliphatic heterocycles. The lowest BCUT2D eigenvalue weighted by atomic mass is 10.0. The summed E-state index contributed by atoms with van der Waals surface area (Å²) in [4.78, 5) is 28.5. The number of amides is 1. The van der Waals surface area contributed by atoms with Crippen molar-refractivity contribution in [1.82, 2.24) is 4.98 Å². The molecule has 23 heavy (non-hydrogen) atoms. The smallest absolute Gasteiger partial charge is 0.226 e. The van der Waals surface area contributed by atoms with Gasteiger partial charge in [-0.3, -0.25) is 9.59 Å². The maximum absolute atomic E-state index is 12.1. The molecule has 4 nitrogen and oxygen atoms in total. The van der Waals surface area contributed by atoms with Gasteiger partial charge in [-0.1, -0.05) is 31.2 Å². The molecule has 1 amide bonds. The molecular formula is C18H20N2O2S. The second-order valence-electron chi connectivity index (χ2n) is 5.87. The Morgan fingerprint density at radius 1 is 1.22 bits per heavy atom. The molecule has 5 heteroatoms. The standard InChI is InChI=1S/C18H20N2O2S/c1-2-12-3-5-14(6-4-12)16(21)9-10-17(22)20-18-19-15(11-23-18)13-7-8-13/h3-6,11,13H,2,7-10H2,1H3,(H,19,20,22). The average molecular weight is 328 g/mol. The Bertz CT molecular complexity index is 702. The third-order valence-corrected chi connectivity index (χ3v) is 4.80. The lowest BCUT2D eigenvalue weighted by Crippen LogP contribution is -2.13. The summed E-state index contributed by atoms with van der Waals surface area (Å²) in [7, 11) is 0. The van der Waals surface area contributed by atoms with Gasteiger partial charge in [-0.15, -0.1) is 11.3 Å². The molecule has 0 unspecified atom stereocenters. The molecule has 1 aromatic heterocycles. The van der Waals surface area contributed by atoms with E-state index in [0.717, 1.165) is 12.1 Å². The lowest BCUT2D eigenvalue weighted by molar-refractivity contribution is -0.116. The van der Waals surface area contributed by atoms with Gasteiger partial charge in [0.05, 0.1) is 5.69 Å². The van der Waals surface area contributed by atoms with E-state index in [0.29, 0.717) is 16.6 Å². The molecule has 0 bridgehead atoms. The fraction of sp³-hybridized carbons (Fsp3) is 0.389. The number of ketones is 1.